The van der Waals surface area contributed by atoms with Gasteiger partial charge in [0.2, 0.25) is 0 Å². The fourth-order valence-electron chi connectivity index (χ4n) is 11.4. The molecule has 558 valence electrons. The summed E-state index contributed by atoms with van der Waals surface area (Å²) in [5.74, 6) is 0.211. The van der Waals surface area contributed by atoms with Gasteiger partial charge in [-0.1, -0.05) is 331 Å². The van der Waals surface area contributed by atoms with Crippen molar-refractivity contribution in [2.75, 3.05) is 39.6 Å². The highest BCUT2D eigenvalue weighted by Gasteiger charge is 2.30. The van der Waals surface area contributed by atoms with Crippen LogP contribution in [-0.4, -0.2) is 96.7 Å². The summed E-state index contributed by atoms with van der Waals surface area (Å²) in [6, 6.07) is 0. The number of aliphatic hydroxyl groups excluding tert-OH is 1. The zero-order valence-electron chi connectivity index (χ0n) is 61.4. The maximum Gasteiger partial charge on any atom is 0.472 e. The molecule has 0 saturated heterocycles. The van der Waals surface area contributed by atoms with Gasteiger partial charge in [-0.2, -0.15) is 0 Å². The highest BCUT2D eigenvalue weighted by molar-refractivity contribution is 7.47. The van der Waals surface area contributed by atoms with Crippen LogP contribution in [0, 0.1) is 17.8 Å². The van der Waals surface area contributed by atoms with Gasteiger partial charge in [-0.05, 0) is 43.4 Å². The molecule has 0 aliphatic heterocycles. The Balaban J connectivity index is 5.19. The molecule has 0 aliphatic rings. The number of rotatable bonds is 73. The lowest BCUT2D eigenvalue weighted by Crippen LogP contribution is -2.30. The number of hydrogen-bond acceptors (Lipinski definition) is 15. The summed E-state index contributed by atoms with van der Waals surface area (Å²) in [5.41, 5.74) is 0. The van der Waals surface area contributed by atoms with E-state index in [4.69, 9.17) is 37.0 Å². The SMILES string of the molecule is CCCCCCCCCCCC(=O)OC[C@H](COP(=O)(O)OC[C@H](O)COP(=O)(O)OC[C@@H](COC(=O)CCCCCCCCCCCC(C)C)OC(=O)CCCCCCCCCCCCCCCCCCCCC(C)C)OC(=O)CCCCCCCCCCC(C)CC. The Bertz CT molecular complexity index is 1840. The Morgan fingerprint density at radius 2 is 0.543 bits per heavy atom. The van der Waals surface area contributed by atoms with Gasteiger partial charge in [0.1, 0.15) is 19.3 Å². The van der Waals surface area contributed by atoms with Gasteiger partial charge >= 0.3 is 39.5 Å². The third-order valence-corrected chi connectivity index (χ3v) is 19.6. The lowest BCUT2D eigenvalue weighted by molar-refractivity contribution is -0.161. The van der Waals surface area contributed by atoms with E-state index in [1.165, 1.54) is 193 Å². The Morgan fingerprint density at radius 1 is 0.309 bits per heavy atom. The zero-order valence-corrected chi connectivity index (χ0v) is 63.2. The van der Waals surface area contributed by atoms with Crippen molar-refractivity contribution in [2.45, 2.75) is 401 Å². The largest absolute Gasteiger partial charge is 0.472 e. The molecule has 17 nitrogen and oxygen atoms in total. The fourth-order valence-corrected chi connectivity index (χ4v) is 13.0. The molecule has 0 amide bonds. The van der Waals surface area contributed by atoms with Gasteiger partial charge in [0.15, 0.2) is 12.2 Å². The molecule has 0 rings (SSSR count). The van der Waals surface area contributed by atoms with Crippen LogP contribution in [-0.2, 0) is 65.4 Å². The summed E-state index contributed by atoms with van der Waals surface area (Å²) in [5, 5.41) is 10.6. The molecule has 0 heterocycles. The molecule has 0 radical (unpaired) electrons. The second-order valence-corrected chi connectivity index (χ2v) is 31.1. The molecule has 6 atom stereocenters. The molecule has 19 heteroatoms. The normalized spacial score (nSPS) is 14.4. The van der Waals surface area contributed by atoms with E-state index in [2.05, 4.69) is 48.5 Å². The monoisotopic (exact) mass is 1380 g/mol. The molecule has 0 fully saturated rings. The topological polar surface area (TPSA) is 237 Å². The molecule has 0 aromatic rings. The predicted molar refractivity (Wildman–Crippen MR) is 381 cm³/mol. The van der Waals surface area contributed by atoms with Crippen molar-refractivity contribution in [1.82, 2.24) is 0 Å². The molecule has 3 unspecified atom stereocenters. The van der Waals surface area contributed by atoms with Crippen LogP contribution in [0.15, 0.2) is 0 Å². The summed E-state index contributed by atoms with van der Waals surface area (Å²) in [6.45, 7) is 11.9. The minimum Gasteiger partial charge on any atom is -0.462 e. The number of carbonyl (C=O) groups excluding carboxylic acids is 4. The molecule has 0 saturated carbocycles. The average Bonchev–Trinajstić information content (AvgIpc) is 1.74. The number of hydrogen-bond donors (Lipinski definition) is 3. The Kier molecular flexibility index (Phi) is 64.3. The van der Waals surface area contributed by atoms with E-state index in [0.29, 0.717) is 25.7 Å². The van der Waals surface area contributed by atoms with Crippen molar-refractivity contribution in [2.24, 2.45) is 17.8 Å². The van der Waals surface area contributed by atoms with Gasteiger partial charge in [-0.3, -0.25) is 37.3 Å². The molecule has 0 bridgehead atoms. The number of carbonyl (C=O) groups is 4. The molecule has 94 heavy (non-hydrogen) atoms. The van der Waals surface area contributed by atoms with E-state index in [0.717, 1.165) is 108 Å². The lowest BCUT2D eigenvalue weighted by Gasteiger charge is -2.21. The quantitative estimate of drug-likeness (QED) is 0.0222. The van der Waals surface area contributed by atoms with Gasteiger partial charge in [0, 0.05) is 25.7 Å². The second kappa shape index (κ2) is 65.7. The van der Waals surface area contributed by atoms with Crippen LogP contribution in [0.25, 0.3) is 0 Å². The van der Waals surface area contributed by atoms with E-state index in [1.54, 1.807) is 0 Å². The van der Waals surface area contributed by atoms with Crippen molar-refractivity contribution in [1.29, 1.82) is 0 Å². The molecular formula is C75H146O17P2. The fraction of sp³-hybridized carbons (Fsp3) is 0.947. The van der Waals surface area contributed by atoms with Crippen LogP contribution in [0.5, 0.6) is 0 Å². The highest BCUT2D eigenvalue weighted by Crippen LogP contribution is 2.45. The standard InChI is InChI=1S/C75H146O17P2/c1-8-10-11-12-13-25-35-42-49-56-72(77)85-62-71(92-75(80)59-52-45-38-31-30-34-41-48-55-68(7)9-2)65-90-94(83,84)88-61-69(76)60-87-93(81,82)89-64-70(63-86-73(78)57-50-43-36-29-24-27-33-40-47-54-67(5)6)91-74(79)58-51-44-37-28-23-21-19-17-15-14-16-18-20-22-26-32-39-46-53-66(3)4/h66-71,76H,8-65H2,1-7H3,(H,81,82)(H,83,84)/t68?,69-,70-,71-/m1/s1. The molecule has 0 aromatic heterocycles. The van der Waals surface area contributed by atoms with Gasteiger partial charge in [0.05, 0.1) is 26.4 Å². The number of ether oxygens (including phenoxy) is 4. The van der Waals surface area contributed by atoms with Gasteiger partial charge in [-0.15, -0.1) is 0 Å². The van der Waals surface area contributed by atoms with Crippen LogP contribution >= 0.6 is 15.6 Å². The number of phosphoric acid groups is 2. The minimum atomic E-state index is -4.96. The first-order valence-electron chi connectivity index (χ1n) is 38.9. The smallest absolute Gasteiger partial charge is 0.462 e. The summed E-state index contributed by atoms with van der Waals surface area (Å²) in [7, 11) is -9.91. The van der Waals surface area contributed by atoms with Crippen LogP contribution in [0.1, 0.15) is 382 Å². The summed E-state index contributed by atoms with van der Waals surface area (Å²) >= 11 is 0. The van der Waals surface area contributed by atoms with E-state index in [-0.39, 0.29) is 25.7 Å². The summed E-state index contributed by atoms with van der Waals surface area (Å²) < 4.78 is 68.4. The average molecular weight is 1380 g/mol. The Morgan fingerprint density at radius 3 is 0.809 bits per heavy atom. The minimum absolute atomic E-state index is 0.105. The molecule has 0 spiro atoms. The van der Waals surface area contributed by atoms with Crippen molar-refractivity contribution >= 4 is 39.5 Å². The number of phosphoric ester groups is 2. The highest BCUT2D eigenvalue weighted by atomic mass is 31.2. The number of aliphatic hydroxyl groups is 1. The Hall–Kier alpha value is -1.94. The van der Waals surface area contributed by atoms with E-state index < -0.39 is 97.5 Å². The maximum absolute atomic E-state index is 13.1. The van der Waals surface area contributed by atoms with Gasteiger partial charge < -0.3 is 33.8 Å². The van der Waals surface area contributed by atoms with Crippen molar-refractivity contribution in [3.63, 3.8) is 0 Å². The Labute approximate surface area is 575 Å². The summed E-state index contributed by atoms with van der Waals surface area (Å²) in [6.07, 6.45) is 51.4. The molecule has 3 N–H and O–H groups in total. The predicted octanol–water partition coefficient (Wildman–Crippen LogP) is 21.8. The van der Waals surface area contributed by atoms with Crippen LogP contribution < -0.4 is 0 Å². The lowest BCUT2D eigenvalue weighted by atomic mass is 9.99. The van der Waals surface area contributed by atoms with Crippen molar-refractivity contribution in [3.8, 4) is 0 Å². The zero-order chi connectivity index (χ0) is 69.4. The number of esters is 4. The van der Waals surface area contributed by atoms with E-state index in [9.17, 15) is 43.2 Å². The molecular weight excluding hydrogens is 1230 g/mol. The third-order valence-electron chi connectivity index (χ3n) is 17.7. The van der Waals surface area contributed by atoms with Gasteiger partial charge in [0.25, 0.3) is 0 Å². The van der Waals surface area contributed by atoms with Crippen molar-refractivity contribution in [3.05, 3.63) is 0 Å². The summed E-state index contributed by atoms with van der Waals surface area (Å²) in [4.78, 5) is 72.7. The first-order chi connectivity index (χ1) is 45.3. The van der Waals surface area contributed by atoms with E-state index >= 15 is 0 Å². The van der Waals surface area contributed by atoms with Crippen LogP contribution in [0.4, 0.5) is 0 Å². The molecule has 0 aliphatic carbocycles. The van der Waals surface area contributed by atoms with Crippen LogP contribution in [0.2, 0.25) is 0 Å². The first-order valence-corrected chi connectivity index (χ1v) is 41.9. The third kappa shape index (κ3) is 67.3. The maximum atomic E-state index is 13.1. The molecule has 0 aromatic carbocycles. The van der Waals surface area contributed by atoms with Crippen molar-refractivity contribution < 1.29 is 80.2 Å². The first kappa shape index (κ1) is 92.1. The van der Waals surface area contributed by atoms with Crippen LogP contribution in [0.3, 0.4) is 0 Å². The second-order valence-electron chi connectivity index (χ2n) is 28.2. The van der Waals surface area contributed by atoms with E-state index in [1.807, 2.05) is 0 Å². The number of unbranched alkanes of at least 4 members (excludes halogenated alkanes) is 40. The van der Waals surface area contributed by atoms with Gasteiger partial charge in [-0.25, -0.2) is 9.13 Å².